The third-order valence-corrected chi connectivity index (χ3v) is 5.91. The van der Waals surface area contributed by atoms with E-state index in [4.69, 9.17) is 42.6 Å². The van der Waals surface area contributed by atoms with E-state index in [2.05, 4.69) is 6.92 Å². The fourth-order valence-electron chi connectivity index (χ4n) is 3.53. The summed E-state index contributed by atoms with van der Waals surface area (Å²) in [5, 5.41) is 0. The number of carbonyl (C=O) groups excluding carboxylic acids is 2. The van der Waals surface area contributed by atoms with Crippen LogP contribution in [0.25, 0.3) is 0 Å². The molecular weight excluding hydrogens is 548 g/mol. The van der Waals surface area contributed by atoms with E-state index in [0.29, 0.717) is 98.1 Å². The van der Waals surface area contributed by atoms with Gasteiger partial charge in [-0.3, -0.25) is 4.79 Å². The summed E-state index contributed by atoms with van der Waals surface area (Å²) in [5.74, 6) is -0.487. The molecule has 0 amide bonds. The summed E-state index contributed by atoms with van der Waals surface area (Å²) in [4.78, 5) is 23.8. The zero-order chi connectivity index (χ0) is 30.4. The van der Waals surface area contributed by atoms with Gasteiger partial charge in [0.05, 0.1) is 104 Å². The number of hydrogen-bond acceptors (Lipinski definition) is 11. The van der Waals surface area contributed by atoms with Gasteiger partial charge in [0.1, 0.15) is 13.2 Å². The Morgan fingerprint density at radius 1 is 0.548 bits per heavy atom. The van der Waals surface area contributed by atoms with Crippen LogP contribution in [-0.4, -0.2) is 118 Å². The zero-order valence-electron chi connectivity index (χ0n) is 25.6. The van der Waals surface area contributed by atoms with E-state index >= 15 is 0 Å². The normalized spacial score (nSPS) is 11.9. The number of unbranched alkanes of at least 4 members (excludes halogenated alkanes) is 1. The molecule has 42 heavy (non-hydrogen) atoms. The van der Waals surface area contributed by atoms with Crippen LogP contribution in [-0.2, 0) is 47.4 Å². The Morgan fingerprint density at radius 2 is 0.929 bits per heavy atom. The monoisotopic (exact) mass is 600 g/mol. The highest BCUT2D eigenvalue weighted by Gasteiger charge is 2.16. The van der Waals surface area contributed by atoms with Crippen molar-refractivity contribution in [1.29, 1.82) is 0 Å². The number of esters is 2. The Bertz CT molecular complexity index is 748. The second-order valence-corrected chi connectivity index (χ2v) is 9.20. The van der Waals surface area contributed by atoms with Gasteiger partial charge in [0, 0.05) is 0 Å². The lowest BCUT2D eigenvalue weighted by Crippen LogP contribution is -2.20. The predicted molar refractivity (Wildman–Crippen MR) is 157 cm³/mol. The lowest BCUT2D eigenvalue weighted by Gasteiger charge is -2.13. The third kappa shape index (κ3) is 22.5. The fourth-order valence-corrected chi connectivity index (χ4v) is 3.53. The topological polar surface area (TPSA) is 117 Å². The Labute approximate surface area is 251 Å². The van der Waals surface area contributed by atoms with Crippen LogP contribution in [0, 0.1) is 5.92 Å². The Hall–Kier alpha value is -2.12. The molecule has 0 aromatic heterocycles. The minimum Gasteiger partial charge on any atom is -0.463 e. The van der Waals surface area contributed by atoms with Crippen molar-refractivity contribution in [3.05, 3.63) is 35.9 Å². The zero-order valence-corrected chi connectivity index (χ0v) is 25.6. The van der Waals surface area contributed by atoms with E-state index in [-0.39, 0.29) is 31.1 Å². The molecule has 0 saturated heterocycles. The van der Waals surface area contributed by atoms with Gasteiger partial charge in [0.25, 0.3) is 0 Å². The Kier molecular flexibility index (Phi) is 26.1. The molecule has 0 saturated carbocycles. The van der Waals surface area contributed by atoms with Gasteiger partial charge >= 0.3 is 11.9 Å². The molecule has 1 aromatic carbocycles. The molecule has 0 radical (unpaired) electrons. The van der Waals surface area contributed by atoms with Crippen molar-refractivity contribution in [2.75, 3.05) is 106 Å². The summed E-state index contributed by atoms with van der Waals surface area (Å²) in [6.07, 6.45) is 3.82. The van der Waals surface area contributed by atoms with Crippen LogP contribution < -0.4 is 0 Å². The summed E-state index contributed by atoms with van der Waals surface area (Å²) < 4.78 is 48.5. The maximum Gasteiger partial charge on any atom is 0.338 e. The Balaban J connectivity index is 1.71. The maximum atomic E-state index is 12.0. The van der Waals surface area contributed by atoms with E-state index in [0.717, 1.165) is 25.7 Å². The second kappa shape index (κ2) is 29.0. The van der Waals surface area contributed by atoms with Crippen molar-refractivity contribution in [2.45, 2.75) is 39.5 Å². The average Bonchev–Trinajstić information content (AvgIpc) is 3.01. The van der Waals surface area contributed by atoms with Crippen molar-refractivity contribution < 1.29 is 52.2 Å². The molecule has 0 aliphatic heterocycles. The van der Waals surface area contributed by atoms with Crippen molar-refractivity contribution in [3.63, 3.8) is 0 Å². The second-order valence-electron chi connectivity index (χ2n) is 9.20. The van der Waals surface area contributed by atoms with Crippen LogP contribution in [0.3, 0.4) is 0 Å². The van der Waals surface area contributed by atoms with Gasteiger partial charge in [-0.2, -0.15) is 0 Å². The quantitative estimate of drug-likeness (QED) is 0.0950. The van der Waals surface area contributed by atoms with Gasteiger partial charge in [-0.25, -0.2) is 4.79 Å². The van der Waals surface area contributed by atoms with E-state index in [1.54, 1.807) is 24.3 Å². The first-order chi connectivity index (χ1) is 20.7. The number of ether oxygens (including phenoxy) is 9. The van der Waals surface area contributed by atoms with Gasteiger partial charge in [0.15, 0.2) is 0 Å². The van der Waals surface area contributed by atoms with Crippen LogP contribution >= 0.6 is 0 Å². The van der Waals surface area contributed by atoms with Gasteiger partial charge in [-0.15, -0.1) is 0 Å². The molecule has 11 heteroatoms. The lowest BCUT2D eigenvalue weighted by molar-refractivity contribution is -0.150. The van der Waals surface area contributed by atoms with Gasteiger partial charge in [0.2, 0.25) is 0 Å². The van der Waals surface area contributed by atoms with Crippen LogP contribution in [0.2, 0.25) is 0 Å². The number of carbonyl (C=O) groups is 2. The molecule has 242 valence electrons. The first-order valence-electron chi connectivity index (χ1n) is 15.1. The minimum atomic E-state index is -0.358. The molecule has 11 nitrogen and oxygen atoms in total. The van der Waals surface area contributed by atoms with Crippen LogP contribution in [0.5, 0.6) is 0 Å². The SMILES string of the molecule is CCCCC(CC)C(=O)OCCOCCOCCOCCOCCOCCOCCOCCOC(=O)c1ccccc1. The third-order valence-electron chi connectivity index (χ3n) is 5.91. The summed E-state index contributed by atoms with van der Waals surface area (Å²) in [7, 11) is 0. The summed E-state index contributed by atoms with van der Waals surface area (Å²) >= 11 is 0. The maximum absolute atomic E-state index is 12.0. The molecule has 0 aliphatic carbocycles. The molecule has 0 bridgehead atoms. The molecule has 0 spiro atoms. The predicted octanol–water partition coefficient (Wildman–Crippen LogP) is 3.72. The van der Waals surface area contributed by atoms with Gasteiger partial charge in [-0.1, -0.05) is 44.9 Å². The molecule has 1 rings (SSSR count). The summed E-state index contributed by atoms with van der Waals surface area (Å²) in [6.45, 7) is 10.9. The van der Waals surface area contributed by atoms with E-state index in [1.807, 2.05) is 13.0 Å². The average molecular weight is 601 g/mol. The molecule has 0 N–H and O–H groups in total. The van der Waals surface area contributed by atoms with Crippen molar-refractivity contribution >= 4 is 11.9 Å². The summed E-state index contributed by atoms with van der Waals surface area (Å²) in [6, 6.07) is 8.84. The Morgan fingerprint density at radius 3 is 1.31 bits per heavy atom. The molecule has 1 unspecified atom stereocenters. The molecule has 1 atom stereocenters. The number of hydrogen-bond donors (Lipinski definition) is 0. The molecule has 1 aromatic rings. The number of benzene rings is 1. The van der Waals surface area contributed by atoms with Crippen molar-refractivity contribution in [3.8, 4) is 0 Å². The lowest BCUT2D eigenvalue weighted by atomic mass is 10.00. The highest BCUT2D eigenvalue weighted by Crippen LogP contribution is 2.14. The van der Waals surface area contributed by atoms with Crippen LogP contribution in [0.1, 0.15) is 49.9 Å². The highest BCUT2D eigenvalue weighted by atomic mass is 16.6. The molecule has 0 heterocycles. The van der Waals surface area contributed by atoms with Gasteiger partial charge in [-0.05, 0) is 25.0 Å². The first-order valence-corrected chi connectivity index (χ1v) is 15.1. The van der Waals surface area contributed by atoms with Crippen molar-refractivity contribution in [2.24, 2.45) is 5.92 Å². The summed E-state index contributed by atoms with van der Waals surface area (Å²) in [5.41, 5.74) is 0.524. The van der Waals surface area contributed by atoms with E-state index in [9.17, 15) is 9.59 Å². The van der Waals surface area contributed by atoms with Crippen LogP contribution in [0.4, 0.5) is 0 Å². The van der Waals surface area contributed by atoms with Gasteiger partial charge < -0.3 is 42.6 Å². The van der Waals surface area contributed by atoms with E-state index < -0.39 is 0 Å². The van der Waals surface area contributed by atoms with Crippen molar-refractivity contribution in [1.82, 2.24) is 0 Å². The first kappa shape index (κ1) is 37.9. The molecular formula is C31H52O11. The highest BCUT2D eigenvalue weighted by molar-refractivity contribution is 5.89. The molecule has 0 fully saturated rings. The largest absolute Gasteiger partial charge is 0.463 e. The number of rotatable bonds is 30. The standard InChI is InChI=1S/C31H52O11/c1-3-5-9-28(4-2)30(32)41-26-24-39-22-20-37-18-16-35-14-12-34-13-15-36-17-19-38-21-23-40-25-27-42-31(33)29-10-7-6-8-11-29/h6-8,10-11,28H,3-5,9,12-27H2,1-2H3. The minimum absolute atomic E-state index is 0.00565. The fraction of sp³-hybridized carbons (Fsp3) is 0.742. The van der Waals surface area contributed by atoms with E-state index in [1.165, 1.54) is 0 Å². The smallest absolute Gasteiger partial charge is 0.338 e. The molecule has 0 aliphatic rings. The van der Waals surface area contributed by atoms with Crippen LogP contribution in [0.15, 0.2) is 30.3 Å².